The summed E-state index contributed by atoms with van der Waals surface area (Å²) in [5, 5.41) is 0. The highest BCUT2D eigenvalue weighted by atomic mass is 15.2. The number of rotatable bonds is 5. The smallest absolute Gasteiger partial charge is 0.138 e. The summed E-state index contributed by atoms with van der Waals surface area (Å²) in [5.74, 6) is 2.50. The van der Waals surface area contributed by atoms with Crippen molar-refractivity contribution in [3.63, 3.8) is 0 Å². The van der Waals surface area contributed by atoms with Crippen LogP contribution in [0.4, 0.5) is 17.3 Å². The van der Waals surface area contributed by atoms with Gasteiger partial charge in [0, 0.05) is 45.6 Å². The Hall–Kier alpha value is -2.08. The molecule has 2 aromatic heterocycles. The number of nitrogens with one attached hydrogen (secondary N) is 1. The molecule has 2 rings (SSSR count). The molecule has 6 nitrogen and oxygen atoms in total. The molecule has 0 fully saturated rings. The standard InChI is InChI=1S/C13H20N6/c1-10-16-12(18(2)7-5-14)8-13(17-10)19(3)11-4-6-15-9-11/h4,6,8-9,15H,5,7,14H2,1-3H3. The predicted octanol–water partition coefficient (Wildman–Crippen LogP) is 1.28. The van der Waals surface area contributed by atoms with Gasteiger partial charge in [0.1, 0.15) is 17.5 Å². The van der Waals surface area contributed by atoms with E-state index in [1.54, 1.807) is 0 Å². The van der Waals surface area contributed by atoms with Crippen LogP contribution >= 0.6 is 0 Å². The van der Waals surface area contributed by atoms with E-state index in [-0.39, 0.29) is 0 Å². The minimum absolute atomic E-state index is 0.600. The number of H-pyrrole nitrogens is 1. The first-order valence-corrected chi connectivity index (χ1v) is 6.25. The van der Waals surface area contributed by atoms with Gasteiger partial charge in [-0.25, -0.2) is 9.97 Å². The van der Waals surface area contributed by atoms with E-state index in [1.165, 1.54) is 0 Å². The molecular weight excluding hydrogens is 240 g/mol. The quantitative estimate of drug-likeness (QED) is 0.847. The molecule has 2 aromatic rings. The van der Waals surface area contributed by atoms with Gasteiger partial charge in [0.25, 0.3) is 0 Å². The fourth-order valence-electron chi connectivity index (χ4n) is 1.87. The van der Waals surface area contributed by atoms with E-state index < -0.39 is 0 Å². The Balaban J connectivity index is 2.31. The van der Waals surface area contributed by atoms with Crippen LogP contribution in [-0.2, 0) is 0 Å². The minimum Gasteiger partial charge on any atom is -0.366 e. The lowest BCUT2D eigenvalue weighted by Crippen LogP contribution is -2.26. The first-order valence-electron chi connectivity index (χ1n) is 6.25. The van der Waals surface area contributed by atoms with Gasteiger partial charge in [-0.2, -0.15) is 0 Å². The van der Waals surface area contributed by atoms with Crippen molar-refractivity contribution < 1.29 is 0 Å². The average molecular weight is 260 g/mol. The Bertz CT molecular complexity index is 522. The fourth-order valence-corrected chi connectivity index (χ4v) is 1.87. The molecule has 0 aromatic carbocycles. The molecule has 0 aliphatic carbocycles. The first kappa shape index (κ1) is 13.4. The minimum atomic E-state index is 0.600. The maximum absolute atomic E-state index is 5.58. The van der Waals surface area contributed by atoms with Crippen molar-refractivity contribution in [3.05, 3.63) is 30.4 Å². The lowest BCUT2D eigenvalue weighted by Gasteiger charge is -2.21. The van der Waals surface area contributed by atoms with Gasteiger partial charge < -0.3 is 20.5 Å². The molecule has 3 N–H and O–H groups in total. The lowest BCUT2D eigenvalue weighted by atomic mass is 10.4. The number of aromatic amines is 1. The zero-order chi connectivity index (χ0) is 13.8. The normalized spacial score (nSPS) is 10.5. The molecule has 0 bridgehead atoms. The molecule has 102 valence electrons. The average Bonchev–Trinajstić information content (AvgIpc) is 2.91. The van der Waals surface area contributed by atoms with Crippen molar-refractivity contribution in [3.8, 4) is 0 Å². The zero-order valence-electron chi connectivity index (χ0n) is 11.6. The van der Waals surface area contributed by atoms with Crippen LogP contribution in [0.15, 0.2) is 24.5 Å². The van der Waals surface area contributed by atoms with Gasteiger partial charge in [0.05, 0.1) is 5.69 Å². The van der Waals surface area contributed by atoms with Crippen molar-refractivity contribution in [1.29, 1.82) is 0 Å². The van der Waals surface area contributed by atoms with E-state index in [1.807, 2.05) is 55.3 Å². The largest absolute Gasteiger partial charge is 0.366 e. The second-order valence-electron chi connectivity index (χ2n) is 4.47. The molecule has 0 aliphatic rings. The summed E-state index contributed by atoms with van der Waals surface area (Å²) in [6, 6.07) is 3.97. The molecular formula is C13H20N6. The number of likely N-dealkylation sites (N-methyl/N-ethyl adjacent to an activating group) is 1. The van der Waals surface area contributed by atoms with Crippen LogP contribution in [0.5, 0.6) is 0 Å². The maximum atomic E-state index is 5.58. The summed E-state index contributed by atoms with van der Waals surface area (Å²) in [7, 11) is 3.96. The monoisotopic (exact) mass is 260 g/mol. The van der Waals surface area contributed by atoms with Gasteiger partial charge in [0.15, 0.2) is 0 Å². The Morgan fingerprint density at radius 2 is 2.00 bits per heavy atom. The number of aromatic nitrogens is 3. The second-order valence-corrected chi connectivity index (χ2v) is 4.47. The number of nitrogens with two attached hydrogens (primary N) is 1. The van der Waals surface area contributed by atoms with Gasteiger partial charge in [0.2, 0.25) is 0 Å². The van der Waals surface area contributed by atoms with Crippen LogP contribution < -0.4 is 15.5 Å². The third kappa shape index (κ3) is 3.03. The Kier molecular flexibility index (Phi) is 4.01. The topological polar surface area (TPSA) is 74.1 Å². The van der Waals surface area contributed by atoms with Crippen LogP contribution in [0.2, 0.25) is 0 Å². The summed E-state index contributed by atoms with van der Waals surface area (Å²) >= 11 is 0. The Labute approximate surface area is 113 Å². The van der Waals surface area contributed by atoms with Crippen molar-refractivity contribution >= 4 is 17.3 Å². The van der Waals surface area contributed by atoms with Crippen LogP contribution in [0.1, 0.15) is 5.82 Å². The Morgan fingerprint density at radius 1 is 1.26 bits per heavy atom. The molecule has 0 radical (unpaired) electrons. The summed E-state index contributed by atoms with van der Waals surface area (Å²) in [4.78, 5) is 16.0. The van der Waals surface area contributed by atoms with Gasteiger partial charge in [-0.15, -0.1) is 0 Å². The summed E-state index contributed by atoms with van der Waals surface area (Å²) in [6.45, 7) is 3.26. The van der Waals surface area contributed by atoms with E-state index in [0.29, 0.717) is 6.54 Å². The molecule has 0 aliphatic heterocycles. The van der Waals surface area contributed by atoms with Crippen LogP contribution in [0.3, 0.4) is 0 Å². The third-order valence-corrected chi connectivity index (χ3v) is 2.98. The highest BCUT2D eigenvalue weighted by Gasteiger charge is 2.10. The van der Waals surface area contributed by atoms with E-state index in [9.17, 15) is 0 Å². The Morgan fingerprint density at radius 3 is 2.63 bits per heavy atom. The molecule has 0 amide bonds. The molecule has 0 unspecified atom stereocenters. The maximum Gasteiger partial charge on any atom is 0.138 e. The fraction of sp³-hybridized carbons (Fsp3) is 0.385. The number of nitrogens with zero attached hydrogens (tertiary/aromatic N) is 4. The molecule has 19 heavy (non-hydrogen) atoms. The van der Waals surface area contributed by atoms with Crippen molar-refractivity contribution in [1.82, 2.24) is 15.0 Å². The van der Waals surface area contributed by atoms with Crippen molar-refractivity contribution in [2.45, 2.75) is 6.92 Å². The number of aryl methyl sites for hydroxylation is 1. The zero-order valence-corrected chi connectivity index (χ0v) is 11.6. The number of hydrogen-bond donors (Lipinski definition) is 2. The molecule has 0 saturated carbocycles. The highest BCUT2D eigenvalue weighted by Crippen LogP contribution is 2.23. The first-order chi connectivity index (χ1) is 9.11. The van der Waals surface area contributed by atoms with E-state index in [4.69, 9.17) is 5.73 Å². The summed E-state index contributed by atoms with van der Waals surface area (Å²) in [5.41, 5.74) is 6.64. The van der Waals surface area contributed by atoms with Gasteiger partial charge in [-0.1, -0.05) is 0 Å². The SMILES string of the molecule is Cc1nc(N(C)CCN)cc(N(C)c2cc[nH]c2)n1. The predicted molar refractivity (Wildman–Crippen MR) is 77.9 cm³/mol. The van der Waals surface area contributed by atoms with Gasteiger partial charge in [-0.05, 0) is 13.0 Å². The van der Waals surface area contributed by atoms with Gasteiger partial charge >= 0.3 is 0 Å². The van der Waals surface area contributed by atoms with Crippen molar-refractivity contribution in [2.24, 2.45) is 5.73 Å². The number of anilines is 3. The second kappa shape index (κ2) is 5.71. The summed E-state index contributed by atoms with van der Waals surface area (Å²) < 4.78 is 0. The van der Waals surface area contributed by atoms with E-state index >= 15 is 0 Å². The van der Waals surface area contributed by atoms with Crippen LogP contribution in [0, 0.1) is 6.92 Å². The third-order valence-electron chi connectivity index (χ3n) is 2.98. The molecule has 0 saturated heterocycles. The van der Waals surface area contributed by atoms with Crippen molar-refractivity contribution in [2.75, 3.05) is 37.0 Å². The van der Waals surface area contributed by atoms with Gasteiger partial charge in [-0.3, -0.25) is 0 Å². The molecule has 2 heterocycles. The lowest BCUT2D eigenvalue weighted by molar-refractivity contribution is 0.854. The van der Waals surface area contributed by atoms with Crippen LogP contribution in [0.25, 0.3) is 0 Å². The van der Waals surface area contributed by atoms with E-state index in [0.717, 1.165) is 29.7 Å². The molecule has 6 heteroatoms. The molecule has 0 atom stereocenters. The van der Waals surface area contributed by atoms with E-state index in [2.05, 4.69) is 15.0 Å². The summed E-state index contributed by atoms with van der Waals surface area (Å²) in [6.07, 6.45) is 3.82. The number of hydrogen-bond acceptors (Lipinski definition) is 5. The molecule has 0 spiro atoms. The van der Waals surface area contributed by atoms with Crippen LogP contribution in [-0.4, -0.2) is 42.1 Å². The highest BCUT2D eigenvalue weighted by molar-refractivity contribution is 5.61.